The molecular weight excluding hydrogens is 428 g/mol. The van der Waals surface area contributed by atoms with E-state index in [1.807, 2.05) is 0 Å². The molecule has 0 saturated carbocycles. The fourth-order valence-corrected chi connectivity index (χ4v) is 5.32. The van der Waals surface area contributed by atoms with Crippen molar-refractivity contribution in [3.8, 4) is 0 Å². The van der Waals surface area contributed by atoms with Gasteiger partial charge in [0.25, 0.3) is 0 Å². The molecule has 0 heterocycles. The first-order valence-electron chi connectivity index (χ1n) is 5.28. The van der Waals surface area contributed by atoms with Gasteiger partial charge in [-0.3, -0.25) is 4.52 Å². The molecule has 0 saturated heterocycles. The van der Waals surface area contributed by atoms with Gasteiger partial charge in [0, 0.05) is 0 Å². The zero-order valence-electron chi connectivity index (χ0n) is 11.2. The van der Waals surface area contributed by atoms with Gasteiger partial charge in [0.05, 0.1) is 13.2 Å². The smallest absolute Gasteiger partial charge is 0.394 e. The summed E-state index contributed by atoms with van der Waals surface area (Å²) in [7, 11) is -23.0. The van der Waals surface area contributed by atoms with E-state index in [0.29, 0.717) is 0 Å². The predicted molar refractivity (Wildman–Crippen MR) is 69.8 cm³/mol. The van der Waals surface area contributed by atoms with Crippen molar-refractivity contribution in [3.05, 3.63) is 0 Å². The molecule has 0 aromatic rings. The monoisotopic (exact) mass is 442 g/mol. The Balaban J connectivity index is 4.83. The highest BCUT2D eigenvalue weighted by atomic mass is 31.3. The van der Waals surface area contributed by atoms with Crippen molar-refractivity contribution in [3.63, 3.8) is 0 Å². The third kappa shape index (κ3) is 11.1. The average Bonchev–Trinajstić information content (AvgIpc) is 2.28. The Labute approximate surface area is 133 Å². The standard InChI is InChI=1S/C4H14O16P4/c5-1-3(6)4(7)2-17-22(11,12)19-24(15,16)20-23(13,14)18-21(8,9)10/h3-7H,1-2H2,(H,11,12)(H,13,14)(H,15,16)(H2,8,9,10)/t3-,4-/m1/s1. The van der Waals surface area contributed by atoms with Gasteiger partial charge < -0.3 is 39.8 Å². The summed E-state index contributed by atoms with van der Waals surface area (Å²) in [6.07, 6.45) is -3.71. The molecule has 146 valence electrons. The topological polar surface area (TPSA) is 267 Å². The van der Waals surface area contributed by atoms with Gasteiger partial charge in [-0.1, -0.05) is 0 Å². The number of phosphoric ester groups is 1. The molecule has 5 atom stereocenters. The molecule has 0 amide bonds. The summed E-state index contributed by atoms with van der Waals surface area (Å²) in [5.41, 5.74) is 0. The van der Waals surface area contributed by atoms with Crippen LogP contribution in [0.3, 0.4) is 0 Å². The zero-order valence-corrected chi connectivity index (χ0v) is 14.8. The second-order valence-electron chi connectivity index (χ2n) is 3.75. The van der Waals surface area contributed by atoms with E-state index in [4.69, 9.17) is 39.8 Å². The first-order chi connectivity index (χ1) is 10.5. The van der Waals surface area contributed by atoms with E-state index in [9.17, 15) is 18.3 Å². The van der Waals surface area contributed by atoms with Crippen LogP contribution in [0.25, 0.3) is 0 Å². The van der Waals surface area contributed by atoms with E-state index in [1.165, 1.54) is 0 Å². The minimum absolute atomic E-state index is 0.962. The number of phosphoric acid groups is 4. The van der Waals surface area contributed by atoms with Crippen molar-refractivity contribution >= 4 is 31.3 Å². The molecule has 3 unspecified atom stereocenters. The summed E-state index contributed by atoms with van der Waals surface area (Å²) >= 11 is 0. The number of rotatable bonds is 11. The van der Waals surface area contributed by atoms with Gasteiger partial charge in [-0.05, 0) is 0 Å². The molecule has 20 heteroatoms. The lowest BCUT2D eigenvalue weighted by Gasteiger charge is -2.20. The van der Waals surface area contributed by atoms with Crippen LogP contribution in [0.1, 0.15) is 0 Å². The highest BCUT2D eigenvalue weighted by Crippen LogP contribution is 2.70. The van der Waals surface area contributed by atoms with Crippen LogP contribution in [0.5, 0.6) is 0 Å². The Morgan fingerprint density at radius 2 is 1.12 bits per heavy atom. The molecule has 0 fully saturated rings. The van der Waals surface area contributed by atoms with Crippen LogP contribution in [-0.4, -0.2) is 65.2 Å². The molecular formula is C4H14O16P4. The van der Waals surface area contributed by atoms with Crippen LogP contribution in [0.15, 0.2) is 0 Å². The van der Waals surface area contributed by atoms with Crippen molar-refractivity contribution < 1.29 is 75.5 Å². The van der Waals surface area contributed by atoms with Gasteiger partial charge in [-0.25, -0.2) is 18.3 Å². The number of hydrogen-bond donors (Lipinski definition) is 8. The summed E-state index contributed by atoms with van der Waals surface area (Å²) in [6, 6.07) is 0. The van der Waals surface area contributed by atoms with Crippen LogP contribution >= 0.6 is 31.3 Å². The summed E-state index contributed by atoms with van der Waals surface area (Å²) in [6.45, 7) is -2.15. The lowest BCUT2D eigenvalue weighted by molar-refractivity contribution is -0.0380. The maximum Gasteiger partial charge on any atom is 0.490 e. The van der Waals surface area contributed by atoms with Gasteiger partial charge in [0.2, 0.25) is 0 Å². The second-order valence-corrected chi connectivity index (χ2v) is 9.76. The van der Waals surface area contributed by atoms with Crippen molar-refractivity contribution in [1.82, 2.24) is 0 Å². The highest BCUT2D eigenvalue weighted by molar-refractivity contribution is 7.69. The molecule has 24 heavy (non-hydrogen) atoms. The van der Waals surface area contributed by atoms with E-state index < -0.39 is 56.7 Å². The largest absolute Gasteiger partial charge is 0.490 e. The SMILES string of the molecule is O=P(O)(O)OP(=O)(O)OP(=O)(O)OP(=O)(O)OC[C@@H](O)[C@H](O)CO. The first-order valence-corrected chi connectivity index (χ1v) is 11.3. The number of aliphatic hydroxyl groups is 3. The van der Waals surface area contributed by atoms with Crippen molar-refractivity contribution in [2.24, 2.45) is 0 Å². The molecule has 0 aromatic carbocycles. The van der Waals surface area contributed by atoms with E-state index in [0.717, 1.165) is 0 Å². The fraction of sp³-hybridized carbons (Fsp3) is 1.00. The van der Waals surface area contributed by atoms with Crippen LogP contribution in [0, 0.1) is 0 Å². The molecule has 8 N–H and O–H groups in total. The normalized spacial score (nSPS) is 22.8. The van der Waals surface area contributed by atoms with E-state index in [-0.39, 0.29) is 0 Å². The Morgan fingerprint density at radius 1 is 0.708 bits per heavy atom. The maximum atomic E-state index is 11.3. The lowest BCUT2D eigenvalue weighted by atomic mass is 10.2. The maximum absolute atomic E-state index is 11.3. The molecule has 0 spiro atoms. The van der Waals surface area contributed by atoms with E-state index >= 15 is 0 Å². The molecule has 0 rings (SSSR count). The Hall–Kier alpha value is 0.440. The van der Waals surface area contributed by atoms with Crippen LogP contribution in [0.2, 0.25) is 0 Å². The van der Waals surface area contributed by atoms with Crippen LogP contribution in [0.4, 0.5) is 0 Å². The molecule has 0 aliphatic carbocycles. The van der Waals surface area contributed by atoms with Gasteiger partial charge in [-0.2, -0.15) is 12.9 Å². The van der Waals surface area contributed by atoms with Gasteiger partial charge >= 0.3 is 31.3 Å². The molecule has 0 aliphatic rings. The first kappa shape index (κ1) is 24.4. The van der Waals surface area contributed by atoms with E-state index in [1.54, 1.807) is 0 Å². The van der Waals surface area contributed by atoms with Crippen LogP contribution < -0.4 is 0 Å². The number of hydrogen-bond acceptors (Lipinski definition) is 11. The third-order valence-corrected chi connectivity index (χ3v) is 7.12. The Kier molecular flexibility index (Phi) is 9.05. The van der Waals surface area contributed by atoms with Crippen molar-refractivity contribution in [2.75, 3.05) is 13.2 Å². The van der Waals surface area contributed by atoms with Crippen molar-refractivity contribution in [1.29, 1.82) is 0 Å². The van der Waals surface area contributed by atoms with Gasteiger partial charge in [0.1, 0.15) is 12.2 Å². The Morgan fingerprint density at radius 3 is 1.54 bits per heavy atom. The summed E-state index contributed by atoms with van der Waals surface area (Å²) in [4.78, 5) is 43.4. The summed E-state index contributed by atoms with van der Waals surface area (Å²) in [5.74, 6) is 0. The minimum Gasteiger partial charge on any atom is -0.394 e. The fourth-order valence-electron chi connectivity index (χ4n) is 0.852. The van der Waals surface area contributed by atoms with Crippen molar-refractivity contribution in [2.45, 2.75) is 12.2 Å². The molecule has 0 bridgehead atoms. The quantitative estimate of drug-likeness (QED) is 0.163. The summed E-state index contributed by atoms with van der Waals surface area (Å²) in [5, 5.41) is 26.5. The number of aliphatic hydroxyl groups excluding tert-OH is 3. The van der Waals surface area contributed by atoms with Gasteiger partial charge in [0.15, 0.2) is 0 Å². The third-order valence-electron chi connectivity index (χ3n) is 1.66. The average molecular weight is 442 g/mol. The lowest BCUT2D eigenvalue weighted by Crippen LogP contribution is -2.33. The zero-order chi connectivity index (χ0) is 19.4. The highest BCUT2D eigenvalue weighted by Gasteiger charge is 2.45. The molecule has 0 radical (unpaired) electrons. The summed E-state index contributed by atoms with van der Waals surface area (Å²) < 4.78 is 57.8. The van der Waals surface area contributed by atoms with Gasteiger partial charge in [-0.15, -0.1) is 0 Å². The minimum atomic E-state index is -5.93. The molecule has 16 nitrogen and oxygen atoms in total. The molecule has 0 aromatic heterocycles. The van der Waals surface area contributed by atoms with E-state index in [2.05, 4.69) is 17.5 Å². The molecule has 0 aliphatic heterocycles. The Bertz CT molecular complexity index is 593. The van der Waals surface area contributed by atoms with Crippen LogP contribution in [-0.2, 0) is 35.7 Å². The predicted octanol–water partition coefficient (Wildman–Crippen LogP) is -1.84. The second kappa shape index (κ2) is 8.89.